The van der Waals surface area contributed by atoms with Crippen molar-refractivity contribution in [2.75, 3.05) is 20.1 Å². The first-order chi connectivity index (χ1) is 12.4. The molecule has 26 heavy (non-hydrogen) atoms. The van der Waals surface area contributed by atoms with Crippen LogP contribution in [0.1, 0.15) is 29.4 Å². The summed E-state index contributed by atoms with van der Waals surface area (Å²) in [5.74, 6) is -0.162. The fourth-order valence-electron chi connectivity index (χ4n) is 2.74. The predicted octanol–water partition coefficient (Wildman–Crippen LogP) is 2.29. The van der Waals surface area contributed by atoms with Gasteiger partial charge in [0.25, 0.3) is 5.91 Å². The number of aromatic nitrogens is 1. The van der Waals surface area contributed by atoms with Gasteiger partial charge in [0.15, 0.2) is 0 Å². The molecule has 0 unspecified atom stereocenters. The highest BCUT2D eigenvalue weighted by Crippen LogP contribution is 2.20. The summed E-state index contributed by atoms with van der Waals surface area (Å²) in [5, 5.41) is 3.73. The highest BCUT2D eigenvalue weighted by molar-refractivity contribution is 7.89. The monoisotopic (exact) mass is 375 g/mol. The lowest BCUT2D eigenvalue weighted by atomic mass is 10.1. The Morgan fingerprint density at radius 2 is 2.15 bits per heavy atom. The zero-order valence-electron chi connectivity index (χ0n) is 14.8. The van der Waals surface area contributed by atoms with E-state index in [2.05, 4.69) is 5.16 Å². The van der Waals surface area contributed by atoms with E-state index >= 15 is 0 Å². The van der Waals surface area contributed by atoms with Gasteiger partial charge >= 0.3 is 0 Å². The highest BCUT2D eigenvalue weighted by atomic mass is 32.2. The largest absolute Gasteiger partial charge is 0.364 e. The molecule has 0 bridgehead atoms. The van der Waals surface area contributed by atoms with E-state index in [4.69, 9.17) is 4.52 Å². The maximum absolute atomic E-state index is 12.8. The molecule has 138 valence electrons. The van der Waals surface area contributed by atoms with Gasteiger partial charge in [-0.15, -0.1) is 0 Å². The summed E-state index contributed by atoms with van der Waals surface area (Å²) in [4.78, 5) is 14.5. The predicted molar refractivity (Wildman–Crippen MR) is 95.9 cm³/mol. The van der Waals surface area contributed by atoms with Crippen molar-refractivity contribution in [3.63, 3.8) is 0 Å². The number of rotatable bonds is 5. The Balaban J connectivity index is 1.80. The summed E-state index contributed by atoms with van der Waals surface area (Å²) in [6, 6.07) is 7.77. The van der Waals surface area contributed by atoms with Crippen molar-refractivity contribution in [2.45, 2.75) is 24.8 Å². The number of carbonyl (C=O) groups is 1. The highest BCUT2D eigenvalue weighted by Gasteiger charge is 2.24. The van der Waals surface area contributed by atoms with Crippen LogP contribution >= 0.6 is 0 Å². The molecule has 0 saturated heterocycles. The minimum Gasteiger partial charge on any atom is -0.364 e. The lowest BCUT2D eigenvalue weighted by Crippen LogP contribution is -2.34. The second-order valence-electron chi connectivity index (χ2n) is 6.33. The maximum Gasteiger partial charge on any atom is 0.254 e. The second-order valence-corrected chi connectivity index (χ2v) is 8.38. The van der Waals surface area contributed by atoms with Crippen molar-refractivity contribution in [2.24, 2.45) is 0 Å². The molecule has 3 rings (SSSR count). The quantitative estimate of drug-likeness (QED) is 0.749. The van der Waals surface area contributed by atoms with Crippen LogP contribution in [0.5, 0.6) is 0 Å². The first-order valence-electron chi connectivity index (χ1n) is 8.28. The smallest absolute Gasteiger partial charge is 0.254 e. The second kappa shape index (κ2) is 7.43. The minimum absolute atomic E-state index is 0.0816. The molecule has 0 atom stereocenters. The molecule has 0 saturated carbocycles. The van der Waals surface area contributed by atoms with Crippen LogP contribution in [-0.4, -0.2) is 48.8 Å². The van der Waals surface area contributed by atoms with E-state index in [9.17, 15) is 13.2 Å². The van der Waals surface area contributed by atoms with Gasteiger partial charge in [-0.3, -0.25) is 4.79 Å². The van der Waals surface area contributed by atoms with Gasteiger partial charge in [-0.25, -0.2) is 8.42 Å². The van der Waals surface area contributed by atoms with Crippen LogP contribution in [0.3, 0.4) is 0 Å². The molecule has 1 amide bonds. The van der Waals surface area contributed by atoms with E-state index < -0.39 is 10.0 Å². The molecule has 0 N–H and O–H groups in total. The summed E-state index contributed by atoms with van der Waals surface area (Å²) in [6.07, 6.45) is 4.25. The third-order valence-electron chi connectivity index (χ3n) is 4.39. The lowest BCUT2D eigenvalue weighted by molar-refractivity contribution is 0.0769. The third kappa shape index (κ3) is 3.86. The zero-order valence-corrected chi connectivity index (χ0v) is 15.6. The SMILES string of the molecule is CC1=CCN(C(=O)c2cccc(S(=O)(=O)N(C)Cc3ccon3)c2)CC1. The summed E-state index contributed by atoms with van der Waals surface area (Å²) in [6.45, 7) is 3.32. The maximum atomic E-state index is 12.8. The van der Waals surface area contributed by atoms with Gasteiger partial charge in [0.05, 0.1) is 17.1 Å². The molecule has 1 aliphatic rings. The van der Waals surface area contributed by atoms with E-state index in [1.54, 1.807) is 23.1 Å². The lowest BCUT2D eigenvalue weighted by Gasteiger charge is -2.25. The van der Waals surface area contributed by atoms with Crippen molar-refractivity contribution in [1.82, 2.24) is 14.4 Å². The van der Waals surface area contributed by atoms with Gasteiger partial charge in [-0.1, -0.05) is 22.9 Å². The number of amides is 1. The van der Waals surface area contributed by atoms with Crippen LogP contribution in [0, 0.1) is 0 Å². The number of nitrogens with zero attached hydrogens (tertiary/aromatic N) is 3. The van der Waals surface area contributed by atoms with Gasteiger partial charge in [-0.05, 0) is 31.5 Å². The number of benzene rings is 1. The van der Waals surface area contributed by atoms with Crippen molar-refractivity contribution in [3.8, 4) is 0 Å². The van der Waals surface area contributed by atoms with Crippen LogP contribution in [0.25, 0.3) is 0 Å². The van der Waals surface area contributed by atoms with Crippen LogP contribution in [0.15, 0.2) is 57.7 Å². The molecule has 0 aliphatic carbocycles. The Hall–Kier alpha value is -2.45. The first-order valence-corrected chi connectivity index (χ1v) is 9.72. The van der Waals surface area contributed by atoms with Crippen LogP contribution in [0.2, 0.25) is 0 Å². The van der Waals surface area contributed by atoms with Crippen LogP contribution < -0.4 is 0 Å². The van der Waals surface area contributed by atoms with Crippen molar-refractivity contribution in [1.29, 1.82) is 0 Å². The Morgan fingerprint density at radius 1 is 1.35 bits per heavy atom. The molecule has 8 heteroatoms. The number of hydrogen-bond donors (Lipinski definition) is 0. The zero-order chi connectivity index (χ0) is 18.7. The summed E-state index contributed by atoms with van der Waals surface area (Å²) in [5.41, 5.74) is 2.15. The van der Waals surface area contributed by atoms with Gasteiger partial charge in [-0.2, -0.15) is 4.31 Å². The fourth-order valence-corrected chi connectivity index (χ4v) is 3.93. The average molecular weight is 375 g/mol. The fraction of sp³-hybridized carbons (Fsp3) is 0.333. The molecule has 2 aromatic rings. The van der Waals surface area contributed by atoms with Crippen LogP contribution in [-0.2, 0) is 16.6 Å². The van der Waals surface area contributed by atoms with Gasteiger partial charge in [0, 0.05) is 31.8 Å². The Kier molecular flexibility index (Phi) is 5.24. The molecule has 1 aliphatic heterocycles. The Morgan fingerprint density at radius 3 is 2.81 bits per heavy atom. The first kappa shape index (κ1) is 18.3. The number of sulfonamides is 1. The van der Waals surface area contributed by atoms with Gasteiger partial charge in [0.1, 0.15) is 6.26 Å². The Bertz CT molecular complexity index is 920. The third-order valence-corrected chi connectivity index (χ3v) is 6.19. The van der Waals surface area contributed by atoms with E-state index in [0.717, 1.165) is 6.42 Å². The van der Waals surface area contributed by atoms with Crippen LogP contribution in [0.4, 0.5) is 0 Å². The molecule has 7 nitrogen and oxygen atoms in total. The van der Waals surface area contributed by atoms with E-state index in [1.807, 2.05) is 13.0 Å². The van der Waals surface area contributed by atoms with Crippen molar-refractivity contribution < 1.29 is 17.7 Å². The number of carbonyl (C=O) groups excluding carboxylic acids is 1. The van der Waals surface area contributed by atoms with Crippen molar-refractivity contribution >= 4 is 15.9 Å². The normalized spacial score (nSPS) is 15.2. The summed E-state index contributed by atoms with van der Waals surface area (Å²) < 4.78 is 31.5. The average Bonchev–Trinajstić information content (AvgIpc) is 3.15. The summed E-state index contributed by atoms with van der Waals surface area (Å²) >= 11 is 0. The van der Waals surface area contributed by atoms with E-state index in [1.165, 1.54) is 35.3 Å². The molecular formula is C18H21N3O4S. The topological polar surface area (TPSA) is 83.7 Å². The molecule has 1 aromatic heterocycles. The number of hydrogen-bond acceptors (Lipinski definition) is 5. The summed E-state index contributed by atoms with van der Waals surface area (Å²) in [7, 11) is -2.27. The standard InChI is InChI=1S/C18H21N3O4S/c1-14-6-9-21(10-7-14)18(22)15-4-3-5-17(12-15)26(23,24)20(2)13-16-8-11-25-19-16/h3-6,8,11-12H,7,9-10,13H2,1-2H3. The van der Waals surface area contributed by atoms with Crippen molar-refractivity contribution in [3.05, 3.63) is 59.5 Å². The molecule has 0 fully saturated rings. The molecule has 1 aromatic carbocycles. The van der Waals surface area contributed by atoms with Gasteiger partial charge < -0.3 is 9.42 Å². The Labute approximate surface area is 152 Å². The van der Waals surface area contributed by atoms with E-state index in [-0.39, 0.29) is 17.3 Å². The molecule has 2 heterocycles. The van der Waals surface area contributed by atoms with Gasteiger partial charge in [0.2, 0.25) is 10.0 Å². The molecular weight excluding hydrogens is 354 g/mol. The molecule has 0 radical (unpaired) electrons. The molecule has 0 spiro atoms. The van der Waals surface area contributed by atoms with E-state index in [0.29, 0.717) is 24.3 Å². The minimum atomic E-state index is -3.74.